The number of hydrogen-bond acceptors (Lipinski definition) is 4. The molecule has 0 aliphatic heterocycles. The van der Waals surface area contributed by atoms with Crippen molar-refractivity contribution in [3.05, 3.63) is 65.2 Å². The molecule has 1 aromatic carbocycles. The predicted molar refractivity (Wildman–Crippen MR) is 137 cm³/mol. The lowest BCUT2D eigenvalue weighted by Gasteiger charge is -2.62. The highest BCUT2D eigenvalue weighted by Gasteiger charge is 2.58. The lowest BCUT2D eigenvalue weighted by atomic mass is 9.49. The summed E-state index contributed by atoms with van der Waals surface area (Å²) in [5.74, 6) is 0.162. The van der Waals surface area contributed by atoms with E-state index in [0.29, 0.717) is 29.5 Å². The fourth-order valence-corrected chi connectivity index (χ4v) is 7.28. The van der Waals surface area contributed by atoms with Gasteiger partial charge in [0, 0.05) is 22.3 Å². The van der Waals surface area contributed by atoms with E-state index >= 15 is 0 Å². The van der Waals surface area contributed by atoms with Crippen LogP contribution in [0, 0.1) is 17.7 Å². The monoisotopic (exact) mass is 492 g/mol. The zero-order valence-electron chi connectivity index (χ0n) is 21.4. The Kier molecular flexibility index (Phi) is 6.86. The summed E-state index contributed by atoms with van der Waals surface area (Å²) < 4.78 is 13.7. The highest BCUT2D eigenvalue weighted by molar-refractivity contribution is 5.95. The van der Waals surface area contributed by atoms with Crippen molar-refractivity contribution in [1.82, 2.24) is 20.5 Å². The average Bonchev–Trinajstić information content (AvgIpc) is 2.80. The fourth-order valence-electron chi connectivity index (χ4n) is 7.28. The minimum atomic E-state index is -0.413. The van der Waals surface area contributed by atoms with Crippen molar-refractivity contribution in [2.24, 2.45) is 11.8 Å². The summed E-state index contributed by atoms with van der Waals surface area (Å²) in [7, 11) is 4.15. The molecular weight excluding hydrogens is 455 g/mol. The molecule has 2 amide bonds. The van der Waals surface area contributed by atoms with Gasteiger partial charge in [0.25, 0.3) is 11.8 Å². The van der Waals surface area contributed by atoms with Crippen LogP contribution in [0.3, 0.4) is 0 Å². The summed E-state index contributed by atoms with van der Waals surface area (Å²) >= 11 is 0. The molecule has 7 heteroatoms. The number of aromatic nitrogens is 1. The standard InChI is InChI=1S/C29H37FN4O2/c1-34(2)12-4-3-9-24-10-6-11-25(31-24)27(36)33-29-17-20-13-21(18-29)16-28(15-20,19-29)32-26(35)22-7-5-8-23(30)14-22/h5-8,10-11,14,20-21H,3-4,9,12-13,15-19H2,1-2H3,(H,32,35)(H,33,36). The van der Waals surface area contributed by atoms with Crippen LogP contribution in [0.5, 0.6) is 0 Å². The molecule has 1 aromatic heterocycles. The van der Waals surface area contributed by atoms with Crippen LogP contribution in [-0.4, -0.2) is 53.4 Å². The van der Waals surface area contributed by atoms with E-state index in [1.165, 1.54) is 12.1 Å². The lowest BCUT2D eigenvalue weighted by Crippen LogP contribution is -2.69. The average molecular weight is 493 g/mol. The first-order valence-electron chi connectivity index (χ1n) is 13.2. The van der Waals surface area contributed by atoms with E-state index < -0.39 is 5.82 Å². The zero-order valence-corrected chi connectivity index (χ0v) is 21.4. The smallest absolute Gasteiger partial charge is 0.270 e. The van der Waals surface area contributed by atoms with Gasteiger partial charge in [-0.05, 0) is 121 Å². The maximum atomic E-state index is 13.7. The van der Waals surface area contributed by atoms with Crippen molar-refractivity contribution in [2.45, 2.75) is 68.9 Å². The molecule has 2 unspecified atom stereocenters. The number of carbonyl (C=O) groups is 2. The van der Waals surface area contributed by atoms with Crippen LogP contribution in [0.25, 0.3) is 0 Å². The Labute approximate surface area is 213 Å². The minimum Gasteiger partial charge on any atom is -0.346 e. The van der Waals surface area contributed by atoms with Crippen molar-refractivity contribution in [3.8, 4) is 0 Å². The second-order valence-corrected chi connectivity index (χ2v) is 11.7. The normalized spacial score (nSPS) is 28.3. The molecule has 2 aromatic rings. The second kappa shape index (κ2) is 9.92. The summed E-state index contributed by atoms with van der Waals surface area (Å²) in [6, 6.07) is 11.6. The largest absolute Gasteiger partial charge is 0.346 e. The van der Waals surface area contributed by atoms with E-state index in [0.717, 1.165) is 63.6 Å². The molecule has 4 aliphatic carbocycles. The Morgan fingerprint density at radius 2 is 1.64 bits per heavy atom. The van der Waals surface area contributed by atoms with Gasteiger partial charge in [-0.15, -0.1) is 0 Å². The van der Waals surface area contributed by atoms with E-state index in [2.05, 4.69) is 34.6 Å². The molecule has 6 nitrogen and oxygen atoms in total. The van der Waals surface area contributed by atoms with E-state index in [-0.39, 0.29) is 22.9 Å². The van der Waals surface area contributed by atoms with Gasteiger partial charge in [0.1, 0.15) is 11.5 Å². The van der Waals surface area contributed by atoms with Gasteiger partial charge in [0.2, 0.25) is 0 Å². The van der Waals surface area contributed by atoms with Gasteiger partial charge in [-0.1, -0.05) is 12.1 Å². The van der Waals surface area contributed by atoms with Gasteiger partial charge in [-0.2, -0.15) is 0 Å². The predicted octanol–water partition coefficient (Wildman–Crippen LogP) is 4.36. The van der Waals surface area contributed by atoms with E-state index in [1.807, 2.05) is 12.1 Å². The van der Waals surface area contributed by atoms with Gasteiger partial charge in [0.15, 0.2) is 0 Å². The number of pyridine rings is 1. The molecule has 0 spiro atoms. The first-order chi connectivity index (χ1) is 17.2. The number of aryl methyl sites for hydroxylation is 1. The summed E-state index contributed by atoms with van der Waals surface area (Å²) in [6.07, 6.45) is 8.58. The number of halogens is 1. The minimum absolute atomic E-state index is 0.126. The van der Waals surface area contributed by atoms with E-state index in [9.17, 15) is 14.0 Å². The Morgan fingerprint density at radius 1 is 0.972 bits per heavy atom. The van der Waals surface area contributed by atoms with Crippen LogP contribution in [-0.2, 0) is 6.42 Å². The third-order valence-corrected chi connectivity index (χ3v) is 8.23. The number of carbonyl (C=O) groups excluding carboxylic acids is 2. The number of unbranched alkanes of at least 4 members (excludes halogenated alkanes) is 1. The Morgan fingerprint density at radius 3 is 2.31 bits per heavy atom. The van der Waals surface area contributed by atoms with Gasteiger partial charge in [-0.3, -0.25) is 9.59 Å². The van der Waals surface area contributed by atoms with Crippen molar-refractivity contribution >= 4 is 11.8 Å². The Bertz CT molecular complexity index is 1120. The zero-order chi connectivity index (χ0) is 25.3. The highest BCUT2D eigenvalue weighted by Crippen LogP contribution is 2.57. The maximum Gasteiger partial charge on any atom is 0.270 e. The van der Waals surface area contributed by atoms with Crippen molar-refractivity contribution in [1.29, 1.82) is 0 Å². The lowest BCUT2D eigenvalue weighted by molar-refractivity contribution is -0.0448. The number of nitrogens with zero attached hydrogens (tertiary/aromatic N) is 2. The van der Waals surface area contributed by atoms with Crippen LogP contribution in [0.1, 0.15) is 77.9 Å². The van der Waals surface area contributed by atoms with Crippen LogP contribution < -0.4 is 10.6 Å². The fraction of sp³-hybridized carbons (Fsp3) is 0.552. The Balaban J connectivity index is 1.27. The molecule has 36 heavy (non-hydrogen) atoms. The van der Waals surface area contributed by atoms with Gasteiger partial charge in [-0.25, -0.2) is 9.37 Å². The van der Waals surface area contributed by atoms with Crippen molar-refractivity contribution in [2.75, 3.05) is 20.6 Å². The molecule has 2 atom stereocenters. The third-order valence-electron chi connectivity index (χ3n) is 8.23. The number of nitrogens with one attached hydrogen (secondary N) is 2. The van der Waals surface area contributed by atoms with Crippen LogP contribution >= 0.6 is 0 Å². The third kappa shape index (κ3) is 5.46. The molecule has 4 aliphatic rings. The number of amides is 2. The van der Waals surface area contributed by atoms with Crippen molar-refractivity contribution in [3.63, 3.8) is 0 Å². The summed E-state index contributed by atoms with van der Waals surface area (Å²) in [5.41, 5.74) is 1.07. The first kappa shape index (κ1) is 24.9. The molecular formula is C29H37FN4O2. The SMILES string of the molecule is CN(C)CCCCc1cccc(C(=O)NC23CC4CC(CC(NC(=O)c5cccc(F)c5)(C4)C2)C3)n1. The second-order valence-electron chi connectivity index (χ2n) is 11.7. The van der Waals surface area contributed by atoms with E-state index in [4.69, 9.17) is 0 Å². The number of rotatable bonds is 9. The molecule has 2 N–H and O–H groups in total. The summed E-state index contributed by atoms with van der Waals surface area (Å²) in [5, 5.41) is 6.65. The molecule has 6 rings (SSSR count). The molecule has 4 bridgehead atoms. The molecule has 4 saturated carbocycles. The van der Waals surface area contributed by atoms with Crippen LogP contribution in [0.15, 0.2) is 42.5 Å². The maximum absolute atomic E-state index is 13.7. The number of benzene rings is 1. The molecule has 4 fully saturated rings. The topological polar surface area (TPSA) is 74.3 Å². The van der Waals surface area contributed by atoms with Gasteiger partial charge in [0.05, 0.1) is 0 Å². The van der Waals surface area contributed by atoms with Crippen LogP contribution in [0.2, 0.25) is 0 Å². The molecule has 192 valence electrons. The summed E-state index contributed by atoms with van der Waals surface area (Å²) in [6.45, 7) is 1.04. The quantitative estimate of drug-likeness (QED) is 0.510. The molecule has 0 saturated heterocycles. The van der Waals surface area contributed by atoms with E-state index in [1.54, 1.807) is 18.2 Å². The van der Waals surface area contributed by atoms with Gasteiger partial charge < -0.3 is 15.5 Å². The van der Waals surface area contributed by atoms with Gasteiger partial charge >= 0.3 is 0 Å². The highest BCUT2D eigenvalue weighted by atomic mass is 19.1. The molecule has 1 heterocycles. The Hall–Kier alpha value is -2.80. The summed E-state index contributed by atoms with van der Waals surface area (Å²) in [4.78, 5) is 33.3. The number of hydrogen-bond donors (Lipinski definition) is 2. The van der Waals surface area contributed by atoms with Crippen molar-refractivity contribution < 1.29 is 14.0 Å². The molecule has 0 radical (unpaired) electrons. The van der Waals surface area contributed by atoms with Crippen LogP contribution in [0.4, 0.5) is 4.39 Å². The first-order valence-corrected chi connectivity index (χ1v) is 13.2.